The summed E-state index contributed by atoms with van der Waals surface area (Å²) in [5.41, 5.74) is 0.921. The van der Waals surface area contributed by atoms with Gasteiger partial charge < -0.3 is 9.47 Å². The van der Waals surface area contributed by atoms with Gasteiger partial charge in [-0.3, -0.25) is 0 Å². The van der Waals surface area contributed by atoms with Gasteiger partial charge in [-0.25, -0.2) is 0 Å². The summed E-state index contributed by atoms with van der Waals surface area (Å²) in [5.74, 6) is 0.142. The van der Waals surface area contributed by atoms with Gasteiger partial charge in [-0.05, 0) is 13.0 Å². The Bertz CT molecular complexity index is 386. The van der Waals surface area contributed by atoms with E-state index in [0.29, 0.717) is 5.02 Å². The Hall–Kier alpha value is -0.730. The predicted molar refractivity (Wildman–Crippen MR) is 64.6 cm³/mol. The van der Waals surface area contributed by atoms with Crippen LogP contribution in [0.2, 0.25) is 5.02 Å². The van der Waals surface area contributed by atoms with Crippen LogP contribution in [-0.2, 0) is 4.74 Å². The molecule has 1 radical (unpaired) electrons. The van der Waals surface area contributed by atoms with Crippen LogP contribution in [0.5, 0.6) is 5.75 Å². The molecule has 0 aliphatic carbocycles. The maximum atomic E-state index is 6.14. The van der Waals surface area contributed by atoms with Gasteiger partial charge >= 0.3 is 0 Å². The largest absolute Gasteiger partial charge is 0.460 e. The van der Waals surface area contributed by atoms with E-state index in [1.807, 2.05) is 32.0 Å². The highest BCUT2D eigenvalue weighted by Gasteiger charge is 2.38. The Morgan fingerprint density at radius 3 is 2.69 bits per heavy atom. The topological polar surface area (TPSA) is 18.5 Å². The molecule has 3 heteroatoms. The van der Waals surface area contributed by atoms with Crippen molar-refractivity contribution in [1.82, 2.24) is 0 Å². The van der Waals surface area contributed by atoms with Gasteiger partial charge in [0.2, 0.25) is 5.79 Å². The summed E-state index contributed by atoms with van der Waals surface area (Å²) in [6.07, 6.45) is 1.34. The van der Waals surface area contributed by atoms with Crippen molar-refractivity contribution < 1.29 is 9.47 Å². The zero-order valence-corrected chi connectivity index (χ0v) is 10.4. The van der Waals surface area contributed by atoms with Gasteiger partial charge in [-0.2, -0.15) is 0 Å². The zero-order valence-electron chi connectivity index (χ0n) is 9.63. The second-order valence-corrected chi connectivity index (χ2v) is 4.39. The lowest BCUT2D eigenvalue weighted by molar-refractivity contribution is -0.222. The number of ether oxygens (including phenoxy) is 2. The summed E-state index contributed by atoms with van der Waals surface area (Å²) >= 11 is 6.14. The minimum Gasteiger partial charge on any atom is -0.460 e. The number of hydrogen-bond donors (Lipinski definition) is 0. The molecule has 1 aliphatic heterocycles. The second kappa shape index (κ2) is 4.27. The molecule has 2 nitrogen and oxygen atoms in total. The Morgan fingerprint density at radius 2 is 2.06 bits per heavy atom. The van der Waals surface area contributed by atoms with Crippen LogP contribution in [-0.4, -0.2) is 5.79 Å². The molecule has 0 spiro atoms. The molecule has 0 saturated carbocycles. The third-order valence-corrected chi connectivity index (χ3v) is 3.36. The van der Waals surface area contributed by atoms with Crippen LogP contribution >= 0.6 is 11.6 Å². The van der Waals surface area contributed by atoms with Crippen LogP contribution < -0.4 is 4.74 Å². The Labute approximate surface area is 102 Å². The summed E-state index contributed by atoms with van der Waals surface area (Å²) in [5, 5.41) is 0.626. The second-order valence-electron chi connectivity index (χ2n) is 3.98. The molecule has 0 bridgehead atoms. The third kappa shape index (κ3) is 1.80. The van der Waals surface area contributed by atoms with Gasteiger partial charge in [0, 0.05) is 18.4 Å². The molecular formula is C13H16ClO2. The summed E-state index contributed by atoms with van der Waals surface area (Å²) < 4.78 is 11.8. The van der Waals surface area contributed by atoms with E-state index in [-0.39, 0.29) is 6.10 Å². The smallest absolute Gasteiger partial charge is 0.210 e. The van der Waals surface area contributed by atoms with Crippen LogP contribution in [0.3, 0.4) is 0 Å². The number of rotatable bonds is 2. The Morgan fingerprint density at radius 1 is 1.38 bits per heavy atom. The fraction of sp³-hybridized carbons (Fsp3) is 0.462. The van der Waals surface area contributed by atoms with Crippen molar-refractivity contribution in [2.24, 2.45) is 0 Å². The van der Waals surface area contributed by atoms with Crippen LogP contribution in [0.4, 0.5) is 0 Å². The number of benzene rings is 1. The number of fused-ring (bicyclic) bond motifs is 1. The summed E-state index contributed by atoms with van der Waals surface area (Å²) in [4.78, 5) is 0. The van der Waals surface area contributed by atoms with E-state index in [1.54, 1.807) is 0 Å². The van der Waals surface area contributed by atoms with E-state index in [0.717, 1.165) is 24.2 Å². The highest BCUT2D eigenvalue weighted by atomic mass is 35.5. The average molecular weight is 240 g/mol. The SMILES string of the molecule is [CH2][C@H]1OC(CC)(CC)Oc2c(Cl)cccc21. The maximum absolute atomic E-state index is 6.14. The minimum atomic E-state index is -0.579. The summed E-state index contributed by atoms with van der Waals surface area (Å²) in [7, 11) is 0. The maximum Gasteiger partial charge on any atom is 0.210 e. The van der Waals surface area contributed by atoms with E-state index >= 15 is 0 Å². The highest BCUT2D eigenvalue weighted by Crippen LogP contribution is 2.44. The zero-order chi connectivity index (χ0) is 11.8. The fourth-order valence-electron chi connectivity index (χ4n) is 1.98. The normalized spacial score (nSPS) is 22.4. The van der Waals surface area contributed by atoms with Crippen molar-refractivity contribution in [2.45, 2.75) is 38.6 Å². The van der Waals surface area contributed by atoms with E-state index in [1.165, 1.54) is 0 Å². The molecule has 1 aromatic rings. The van der Waals surface area contributed by atoms with Crippen molar-refractivity contribution in [2.75, 3.05) is 0 Å². The molecule has 0 unspecified atom stereocenters. The number of para-hydroxylation sites is 1. The fourth-order valence-corrected chi connectivity index (χ4v) is 2.20. The average Bonchev–Trinajstić information content (AvgIpc) is 2.30. The van der Waals surface area contributed by atoms with Gasteiger partial charge in [0.05, 0.1) is 11.1 Å². The van der Waals surface area contributed by atoms with Gasteiger partial charge in [0.25, 0.3) is 0 Å². The number of hydrogen-bond acceptors (Lipinski definition) is 2. The van der Waals surface area contributed by atoms with Crippen molar-refractivity contribution in [3.63, 3.8) is 0 Å². The standard InChI is InChI=1S/C13H16ClO2/c1-4-13(5-2)15-9(3)10-7-6-8-11(14)12(10)16-13/h6-9H,3-5H2,1-2H3/t9-/m1/s1. The van der Waals surface area contributed by atoms with Crippen LogP contribution in [0, 0.1) is 6.92 Å². The van der Waals surface area contributed by atoms with Crippen LogP contribution in [0.1, 0.15) is 38.4 Å². The minimum absolute atomic E-state index is 0.220. The van der Waals surface area contributed by atoms with E-state index in [4.69, 9.17) is 21.1 Å². The highest BCUT2D eigenvalue weighted by molar-refractivity contribution is 6.32. The molecule has 0 saturated heterocycles. The Balaban J connectivity index is 2.45. The molecule has 1 heterocycles. The van der Waals surface area contributed by atoms with E-state index in [2.05, 4.69) is 6.92 Å². The molecule has 16 heavy (non-hydrogen) atoms. The first kappa shape index (κ1) is 11.7. The first-order valence-corrected chi connectivity index (χ1v) is 5.98. The van der Waals surface area contributed by atoms with E-state index < -0.39 is 5.79 Å². The quantitative estimate of drug-likeness (QED) is 0.772. The van der Waals surface area contributed by atoms with Crippen molar-refractivity contribution in [3.05, 3.63) is 35.7 Å². The Kier molecular flexibility index (Phi) is 3.13. The number of halogens is 1. The van der Waals surface area contributed by atoms with E-state index in [9.17, 15) is 0 Å². The lowest BCUT2D eigenvalue weighted by Crippen LogP contribution is -2.42. The van der Waals surface area contributed by atoms with Gasteiger partial charge in [0.15, 0.2) is 0 Å². The summed E-state index contributed by atoms with van der Waals surface area (Å²) in [6.45, 7) is 8.09. The third-order valence-electron chi connectivity index (χ3n) is 3.07. The molecule has 0 amide bonds. The molecule has 0 fully saturated rings. The predicted octanol–water partition coefficient (Wildman–Crippen LogP) is 4.14. The van der Waals surface area contributed by atoms with Crippen LogP contribution in [0.25, 0.3) is 0 Å². The lowest BCUT2D eigenvalue weighted by Gasteiger charge is -2.40. The monoisotopic (exact) mass is 239 g/mol. The van der Waals surface area contributed by atoms with Gasteiger partial charge in [0.1, 0.15) is 5.75 Å². The van der Waals surface area contributed by atoms with Crippen LogP contribution in [0.15, 0.2) is 18.2 Å². The molecule has 1 aromatic carbocycles. The van der Waals surface area contributed by atoms with Crippen molar-refractivity contribution >= 4 is 11.6 Å². The molecular weight excluding hydrogens is 224 g/mol. The molecule has 0 aromatic heterocycles. The summed E-state index contributed by atoms with van der Waals surface area (Å²) in [6, 6.07) is 5.65. The molecule has 87 valence electrons. The van der Waals surface area contributed by atoms with Gasteiger partial charge in [-0.1, -0.05) is 37.6 Å². The molecule has 1 aliphatic rings. The van der Waals surface area contributed by atoms with Gasteiger partial charge in [-0.15, -0.1) is 0 Å². The molecule has 2 rings (SSSR count). The van der Waals surface area contributed by atoms with Crippen molar-refractivity contribution in [3.8, 4) is 5.75 Å². The molecule has 1 atom stereocenters. The van der Waals surface area contributed by atoms with Crippen molar-refractivity contribution in [1.29, 1.82) is 0 Å². The molecule has 0 N–H and O–H groups in total. The lowest BCUT2D eigenvalue weighted by atomic mass is 10.0. The first-order chi connectivity index (χ1) is 7.62. The first-order valence-electron chi connectivity index (χ1n) is 5.60.